The first-order valence-electron chi connectivity index (χ1n) is 8.65. The molecular weight excluding hydrogens is 322 g/mol. The Morgan fingerprint density at radius 2 is 2.21 bits per heavy atom. The summed E-state index contributed by atoms with van der Waals surface area (Å²) >= 11 is 1.60. The standard InChI is InChI=1S/C17H23N5OS/c23-17-14-2-3-16(22(17)9-15-11-24-13-19-15)10-21(8-14)6-1-5-20-7-4-18-12-20/h4,7,11-14,16H,1-3,5-6,8-10H2/t14-,16+/m0/s1. The molecule has 2 atom stereocenters. The van der Waals surface area contributed by atoms with Gasteiger partial charge in [0.2, 0.25) is 5.91 Å². The van der Waals surface area contributed by atoms with Crippen molar-refractivity contribution < 1.29 is 4.79 Å². The van der Waals surface area contributed by atoms with Crippen molar-refractivity contribution in [3.8, 4) is 0 Å². The Balaban J connectivity index is 1.37. The molecule has 3 fully saturated rings. The fourth-order valence-electron chi connectivity index (χ4n) is 3.91. The predicted molar refractivity (Wildman–Crippen MR) is 92.5 cm³/mol. The zero-order valence-electron chi connectivity index (χ0n) is 13.8. The topological polar surface area (TPSA) is 54.3 Å². The average Bonchev–Trinajstić information content (AvgIpc) is 3.21. The summed E-state index contributed by atoms with van der Waals surface area (Å²) in [6.07, 6.45) is 8.95. The van der Waals surface area contributed by atoms with Crippen molar-refractivity contribution in [3.05, 3.63) is 35.3 Å². The summed E-state index contributed by atoms with van der Waals surface area (Å²) in [4.78, 5) is 25.8. The molecule has 0 saturated carbocycles. The van der Waals surface area contributed by atoms with Gasteiger partial charge >= 0.3 is 0 Å². The zero-order valence-corrected chi connectivity index (χ0v) is 14.6. The molecule has 3 aliphatic rings. The van der Waals surface area contributed by atoms with Crippen LogP contribution in [0.25, 0.3) is 0 Å². The van der Waals surface area contributed by atoms with Crippen molar-refractivity contribution in [2.45, 2.75) is 38.4 Å². The second-order valence-corrected chi connectivity index (χ2v) is 7.51. The minimum Gasteiger partial charge on any atom is -0.337 e. The van der Waals surface area contributed by atoms with Crippen LogP contribution in [0.3, 0.4) is 0 Å². The number of aromatic nitrogens is 3. The molecule has 2 bridgehead atoms. The molecule has 0 unspecified atom stereocenters. The van der Waals surface area contributed by atoms with Crippen LogP contribution < -0.4 is 0 Å². The Hall–Kier alpha value is -1.73. The number of hydrogen-bond donors (Lipinski definition) is 0. The Kier molecular flexibility index (Phi) is 4.62. The van der Waals surface area contributed by atoms with Crippen LogP contribution >= 0.6 is 11.3 Å². The molecule has 0 spiro atoms. The van der Waals surface area contributed by atoms with Crippen LogP contribution in [0.5, 0.6) is 0 Å². The Morgan fingerprint density at radius 1 is 1.25 bits per heavy atom. The third kappa shape index (κ3) is 3.37. The summed E-state index contributed by atoms with van der Waals surface area (Å²) in [7, 11) is 0. The van der Waals surface area contributed by atoms with Crippen molar-refractivity contribution in [1.29, 1.82) is 0 Å². The lowest BCUT2D eigenvalue weighted by Gasteiger charge is -2.35. The predicted octanol–water partition coefficient (Wildman–Crippen LogP) is 1.85. The van der Waals surface area contributed by atoms with Gasteiger partial charge in [-0.3, -0.25) is 4.79 Å². The molecule has 128 valence electrons. The van der Waals surface area contributed by atoms with Crippen LogP contribution in [0.2, 0.25) is 0 Å². The Morgan fingerprint density at radius 3 is 3.00 bits per heavy atom. The van der Waals surface area contributed by atoms with Crippen LogP contribution in [0, 0.1) is 5.92 Å². The van der Waals surface area contributed by atoms with E-state index in [0.29, 0.717) is 18.5 Å². The third-order valence-electron chi connectivity index (χ3n) is 5.13. The quantitative estimate of drug-likeness (QED) is 0.802. The van der Waals surface area contributed by atoms with Crippen LogP contribution in [-0.4, -0.2) is 55.9 Å². The lowest BCUT2D eigenvalue weighted by atomic mass is 9.94. The van der Waals surface area contributed by atoms with Gasteiger partial charge in [0.15, 0.2) is 0 Å². The number of amides is 1. The first-order chi connectivity index (χ1) is 11.8. The summed E-state index contributed by atoms with van der Waals surface area (Å²) in [5.74, 6) is 0.493. The molecule has 3 saturated heterocycles. The van der Waals surface area contributed by atoms with Crippen molar-refractivity contribution in [2.24, 2.45) is 5.92 Å². The molecule has 0 aromatic carbocycles. The number of carbonyl (C=O) groups excluding carboxylic acids is 1. The minimum absolute atomic E-state index is 0.163. The highest BCUT2D eigenvalue weighted by atomic mass is 32.1. The van der Waals surface area contributed by atoms with Gasteiger partial charge in [-0.15, -0.1) is 11.3 Å². The molecule has 6 nitrogen and oxygen atoms in total. The number of carbonyl (C=O) groups is 1. The summed E-state index contributed by atoms with van der Waals surface area (Å²) in [6, 6.07) is 0.339. The van der Waals surface area contributed by atoms with E-state index in [-0.39, 0.29) is 5.92 Å². The molecule has 3 aliphatic heterocycles. The number of thiazole rings is 1. The van der Waals surface area contributed by atoms with E-state index in [2.05, 4.69) is 29.7 Å². The largest absolute Gasteiger partial charge is 0.337 e. The van der Waals surface area contributed by atoms with Gasteiger partial charge in [-0.25, -0.2) is 9.97 Å². The van der Waals surface area contributed by atoms with Crippen molar-refractivity contribution in [1.82, 2.24) is 24.3 Å². The minimum atomic E-state index is 0.163. The highest BCUT2D eigenvalue weighted by Crippen LogP contribution is 2.30. The molecule has 5 heterocycles. The third-order valence-corrected chi connectivity index (χ3v) is 5.77. The number of nitrogens with zero attached hydrogens (tertiary/aromatic N) is 5. The molecule has 5 rings (SSSR count). The lowest BCUT2D eigenvalue weighted by Crippen LogP contribution is -2.47. The normalized spacial score (nSPS) is 24.5. The fourth-order valence-corrected chi connectivity index (χ4v) is 4.46. The highest BCUT2D eigenvalue weighted by Gasteiger charge is 2.40. The van der Waals surface area contributed by atoms with E-state index in [0.717, 1.165) is 51.1 Å². The zero-order chi connectivity index (χ0) is 16.4. The van der Waals surface area contributed by atoms with Gasteiger partial charge in [-0.05, 0) is 25.8 Å². The number of rotatable bonds is 6. The summed E-state index contributed by atoms with van der Waals surface area (Å²) in [6.45, 7) is 4.61. The highest BCUT2D eigenvalue weighted by molar-refractivity contribution is 7.07. The molecule has 0 N–H and O–H groups in total. The van der Waals surface area contributed by atoms with Crippen LogP contribution in [0.1, 0.15) is 25.0 Å². The molecule has 0 radical (unpaired) electrons. The molecule has 7 heteroatoms. The van der Waals surface area contributed by atoms with Gasteiger partial charge in [-0.1, -0.05) is 0 Å². The summed E-state index contributed by atoms with van der Waals surface area (Å²) in [5, 5.41) is 2.05. The molecule has 0 aliphatic carbocycles. The maximum Gasteiger partial charge on any atom is 0.227 e. The van der Waals surface area contributed by atoms with Gasteiger partial charge in [-0.2, -0.15) is 0 Å². The molecule has 2 aromatic heterocycles. The monoisotopic (exact) mass is 345 g/mol. The van der Waals surface area contributed by atoms with E-state index in [9.17, 15) is 4.79 Å². The molecule has 1 amide bonds. The number of imidazole rings is 1. The van der Waals surface area contributed by atoms with Crippen molar-refractivity contribution >= 4 is 17.2 Å². The van der Waals surface area contributed by atoms with Crippen molar-refractivity contribution in [2.75, 3.05) is 19.6 Å². The van der Waals surface area contributed by atoms with E-state index < -0.39 is 0 Å². The Bertz CT molecular complexity index is 657. The molecule has 2 aromatic rings. The van der Waals surface area contributed by atoms with Crippen LogP contribution in [-0.2, 0) is 17.9 Å². The molecular formula is C17H23N5OS. The SMILES string of the molecule is O=C1[C@H]2CC[C@H](CN(CCCn3ccnc3)C2)N1Cc1cscn1. The number of fused-ring (bicyclic) bond motifs is 4. The maximum atomic E-state index is 12.8. The second-order valence-electron chi connectivity index (χ2n) is 6.79. The van der Waals surface area contributed by atoms with Gasteiger partial charge in [0.25, 0.3) is 0 Å². The molecule has 24 heavy (non-hydrogen) atoms. The number of hydrogen-bond acceptors (Lipinski definition) is 5. The van der Waals surface area contributed by atoms with E-state index in [4.69, 9.17) is 0 Å². The van der Waals surface area contributed by atoms with Gasteiger partial charge < -0.3 is 14.4 Å². The van der Waals surface area contributed by atoms with E-state index >= 15 is 0 Å². The van der Waals surface area contributed by atoms with Crippen molar-refractivity contribution in [3.63, 3.8) is 0 Å². The van der Waals surface area contributed by atoms with Crippen LogP contribution in [0.4, 0.5) is 0 Å². The number of aryl methyl sites for hydroxylation is 1. The van der Waals surface area contributed by atoms with E-state index in [1.807, 2.05) is 24.2 Å². The lowest BCUT2D eigenvalue weighted by molar-refractivity contribution is -0.140. The first kappa shape index (κ1) is 15.8. The van der Waals surface area contributed by atoms with E-state index in [1.165, 1.54) is 0 Å². The van der Waals surface area contributed by atoms with Gasteiger partial charge in [0, 0.05) is 43.4 Å². The smallest absolute Gasteiger partial charge is 0.227 e. The maximum absolute atomic E-state index is 12.8. The average molecular weight is 345 g/mol. The second kappa shape index (κ2) is 7.03. The Labute approximate surface area is 146 Å². The van der Waals surface area contributed by atoms with Gasteiger partial charge in [0.05, 0.1) is 30.0 Å². The van der Waals surface area contributed by atoms with E-state index in [1.54, 1.807) is 11.3 Å². The number of piperidine rings is 1. The first-order valence-corrected chi connectivity index (χ1v) is 9.59. The van der Waals surface area contributed by atoms with Gasteiger partial charge in [0.1, 0.15) is 0 Å². The van der Waals surface area contributed by atoms with Crippen LogP contribution in [0.15, 0.2) is 29.6 Å². The summed E-state index contributed by atoms with van der Waals surface area (Å²) in [5.41, 5.74) is 2.87. The fraction of sp³-hybridized carbons (Fsp3) is 0.588. The summed E-state index contributed by atoms with van der Waals surface area (Å²) < 4.78 is 2.12.